The second-order valence-electron chi connectivity index (χ2n) is 7.32. The maximum absolute atomic E-state index is 12.3. The Morgan fingerprint density at radius 3 is 2.00 bits per heavy atom. The molecule has 0 radical (unpaired) electrons. The molecule has 0 fully saturated rings. The van der Waals surface area contributed by atoms with Crippen LogP contribution in [0.5, 0.6) is 5.75 Å². The molecule has 0 aliphatic heterocycles. The first kappa shape index (κ1) is 20.0. The number of ether oxygens (including phenoxy) is 1. The van der Waals surface area contributed by atoms with Crippen molar-refractivity contribution in [3.63, 3.8) is 0 Å². The van der Waals surface area contributed by atoms with Gasteiger partial charge in [0.1, 0.15) is 5.75 Å². The molecular formula is C20H25NO4S. The highest BCUT2D eigenvalue weighted by molar-refractivity contribution is 7.90. The Labute approximate surface area is 155 Å². The number of carbonyl (C=O) groups is 1. The summed E-state index contributed by atoms with van der Waals surface area (Å²) in [6, 6.07) is 13.7. The Bertz CT molecular complexity index is 864. The molecule has 5 nitrogen and oxygen atoms in total. The van der Waals surface area contributed by atoms with Crippen molar-refractivity contribution >= 4 is 21.4 Å². The number of amides is 1. The average Bonchev–Trinajstić information content (AvgIpc) is 2.54. The lowest BCUT2D eigenvalue weighted by Gasteiger charge is -2.20. The number of hydrogen-bond acceptors (Lipinski definition) is 4. The quantitative estimate of drug-likeness (QED) is 0.863. The summed E-state index contributed by atoms with van der Waals surface area (Å²) in [6.07, 6.45) is 0.451. The molecule has 0 aliphatic rings. The van der Waals surface area contributed by atoms with Crippen molar-refractivity contribution in [3.8, 4) is 5.75 Å². The van der Waals surface area contributed by atoms with Gasteiger partial charge in [-0.05, 0) is 54.3 Å². The third-order valence-corrected chi connectivity index (χ3v) is 5.08. The molecule has 26 heavy (non-hydrogen) atoms. The number of carbonyl (C=O) groups excluding carboxylic acids is 1. The first-order chi connectivity index (χ1) is 12.0. The van der Waals surface area contributed by atoms with Gasteiger partial charge in [0.2, 0.25) is 0 Å². The number of nitrogens with one attached hydrogen (secondary N) is 1. The van der Waals surface area contributed by atoms with Crippen molar-refractivity contribution in [1.82, 2.24) is 0 Å². The predicted octanol–water partition coefficient (Wildman–Crippen LogP) is 3.79. The van der Waals surface area contributed by atoms with Crippen LogP contribution in [0.1, 0.15) is 33.3 Å². The van der Waals surface area contributed by atoms with Crippen LogP contribution >= 0.6 is 0 Å². The second kappa shape index (κ2) is 7.50. The molecule has 0 heterocycles. The standard InChI is InChI=1S/C20H25NO4S/c1-14(25-17-10-6-15(7-11-17)20(2,3)4)19(22)21-16-8-12-18(13-9-16)26(5,23)24/h6-14H,1-5H3,(H,21,22). The maximum atomic E-state index is 12.3. The van der Waals surface area contributed by atoms with Crippen molar-refractivity contribution in [2.45, 2.75) is 44.1 Å². The van der Waals surface area contributed by atoms with Gasteiger partial charge in [-0.1, -0.05) is 32.9 Å². The Kier molecular flexibility index (Phi) is 5.76. The molecule has 2 aromatic rings. The number of rotatable bonds is 5. The molecule has 0 bridgehead atoms. The minimum absolute atomic E-state index is 0.0552. The van der Waals surface area contributed by atoms with Crippen molar-refractivity contribution in [1.29, 1.82) is 0 Å². The fourth-order valence-electron chi connectivity index (χ4n) is 2.32. The van der Waals surface area contributed by atoms with Crippen molar-refractivity contribution < 1.29 is 17.9 Å². The van der Waals surface area contributed by atoms with Gasteiger partial charge in [0.05, 0.1) is 4.90 Å². The summed E-state index contributed by atoms with van der Waals surface area (Å²) < 4.78 is 28.6. The van der Waals surface area contributed by atoms with Crippen LogP contribution in [0, 0.1) is 0 Å². The van der Waals surface area contributed by atoms with Gasteiger partial charge in [-0.3, -0.25) is 4.79 Å². The topological polar surface area (TPSA) is 72.5 Å². The highest BCUT2D eigenvalue weighted by Crippen LogP contribution is 2.24. The molecule has 6 heteroatoms. The molecule has 0 saturated heterocycles. The van der Waals surface area contributed by atoms with Crippen molar-refractivity contribution in [2.24, 2.45) is 0 Å². The smallest absolute Gasteiger partial charge is 0.265 e. The number of anilines is 1. The van der Waals surface area contributed by atoms with E-state index in [-0.39, 0.29) is 16.2 Å². The van der Waals surface area contributed by atoms with E-state index in [0.29, 0.717) is 11.4 Å². The van der Waals surface area contributed by atoms with Crippen LogP contribution in [0.2, 0.25) is 0 Å². The van der Waals surface area contributed by atoms with E-state index in [1.807, 2.05) is 24.3 Å². The average molecular weight is 375 g/mol. The monoisotopic (exact) mass is 375 g/mol. The van der Waals surface area contributed by atoms with Crippen LogP contribution in [-0.4, -0.2) is 26.7 Å². The van der Waals surface area contributed by atoms with E-state index < -0.39 is 15.9 Å². The number of sulfone groups is 1. The van der Waals surface area contributed by atoms with Gasteiger partial charge in [-0.25, -0.2) is 8.42 Å². The lowest BCUT2D eigenvalue weighted by molar-refractivity contribution is -0.122. The van der Waals surface area contributed by atoms with E-state index in [9.17, 15) is 13.2 Å². The molecule has 1 amide bonds. The van der Waals surface area contributed by atoms with Gasteiger partial charge in [-0.2, -0.15) is 0 Å². The van der Waals surface area contributed by atoms with E-state index in [1.165, 1.54) is 17.7 Å². The SMILES string of the molecule is CC(Oc1ccc(C(C)(C)C)cc1)C(=O)Nc1ccc(S(C)(=O)=O)cc1. The van der Waals surface area contributed by atoms with E-state index >= 15 is 0 Å². The Hall–Kier alpha value is -2.34. The molecule has 2 rings (SSSR count). The van der Waals surface area contributed by atoms with E-state index in [1.54, 1.807) is 19.1 Å². The zero-order chi connectivity index (χ0) is 19.5. The predicted molar refractivity (Wildman–Crippen MR) is 103 cm³/mol. The molecule has 0 spiro atoms. The summed E-state index contributed by atoms with van der Waals surface area (Å²) in [4.78, 5) is 12.5. The van der Waals surface area contributed by atoms with Crippen molar-refractivity contribution in [2.75, 3.05) is 11.6 Å². The lowest BCUT2D eigenvalue weighted by Crippen LogP contribution is -2.30. The first-order valence-corrected chi connectivity index (χ1v) is 10.2. The summed E-state index contributed by atoms with van der Waals surface area (Å²) in [5, 5.41) is 2.72. The van der Waals surface area contributed by atoms with Gasteiger partial charge in [-0.15, -0.1) is 0 Å². The number of benzene rings is 2. The summed E-state index contributed by atoms with van der Waals surface area (Å²) in [5.41, 5.74) is 1.76. The van der Waals surface area contributed by atoms with Gasteiger partial charge in [0.15, 0.2) is 15.9 Å². The summed E-state index contributed by atoms with van der Waals surface area (Å²) in [5.74, 6) is 0.310. The Balaban J connectivity index is 1.99. The van der Waals surface area contributed by atoms with Crippen LogP contribution in [0.3, 0.4) is 0 Å². The molecular weight excluding hydrogens is 350 g/mol. The first-order valence-electron chi connectivity index (χ1n) is 8.35. The largest absolute Gasteiger partial charge is 0.481 e. The second-order valence-corrected chi connectivity index (χ2v) is 9.34. The zero-order valence-corrected chi connectivity index (χ0v) is 16.6. The van der Waals surface area contributed by atoms with Crippen LogP contribution in [0.25, 0.3) is 0 Å². The van der Waals surface area contributed by atoms with E-state index in [0.717, 1.165) is 6.26 Å². The molecule has 0 aliphatic carbocycles. The van der Waals surface area contributed by atoms with Crippen LogP contribution in [0.15, 0.2) is 53.4 Å². The lowest BCUT2D eigenvalue weighted by atomic mass is 9.87. The summed E-state index contributed by atoms with van der Waals surface area (Å²) in [6.45, 7) is 8.06. The molecule has 1 N–H and O–H groups in total. The number of hydrogen-bond donors (Lipinski definition) is 1. The van der Waals surface area contributed by atoms with Gasteiger partial charge >= 0.3 is 0 Å². The minimum atomic E-state index is -3.26. The minimum Gasteiger partial charge on any atom is -0.481 e. The normalized spacial score (nSPS) is 13.1. The van der Waals surface area contributed by atoms with Crippen LogP contribution in [-0.2, 0) is 20.0 Å². The van der Waals surface area contributed by atoms with Crippen LogP contribution in [0.4, 0.5) is 5.69 Å². The molecule has 1 unspecified atom stereocenters. The fourth-order valence-corrected chi connectivity index (χ4v) is 2.95. The van der Waals surface area contributed by atoms with Gasteiger partial charge < -0.3 is 10.1 Å². The third-order valence-electron chi connectivity index (χ3n) is 3.95. The van der Waals surface area contributed by atoms with Crippen LogP contribution < -0.4 is 10.1 Å². The van der Waals surface area contributed by atoms with Gasteiger partial charge in [0, 0.05) is 11.9 Å². The third kappa shape index (κ3) is 5.33. The molecule has 1 atom stereocenters. The summed E-state index contributed by atoms with van der Waals surface area (Å²) >= 11 is 0. The zero-order valence-electron chi connectivity index (χ0n) is 15.7. The van der Waals surface area contributed by atoms with Gasteiger partial charge in [0.25, 0.3) is 5.91 Å². The Morgan fingerprint density at radius 2 is 1.54 bits per heavy atom. The Morgan fingerprint density at radius 1 is 1.00 bits per heavy atom. The molecule has 0 saturated carbocycles. The van der Waals surface area contributed by atoms with Crippen molar-refractivity contribution in [3.05, 3.63) is 54.1 Å². The fraction of sp³-hybridized carbons (Fsp3) is 0.350. The molecule has 140 valence electrons. The maximum Gasteiger partial charge on any atom is 0.265 e. The van der Waals surface area contributed by atoms with E-state index in [4.69, 9.17) is 4.74 Å². The highest BCUT2D eigenvalue weighted by atomic mass is 32.2. The van der Waals surface area contributed by atoms with E-state index in [2.05, 4.69) is 26.1 Å². The molecule has 2 aromatic carbocycles. The summed E-state index contributed by atoms with van der Waals surface area (Å²) in [7, 11) is -3.26. The highest BCUT2D eigenvalue weighted by Gasteiger charge is 2.17. The molecule has 0 aromatic heterocycles.